The van der Waals surface area contributed by atoms with Crippen LogP contribution in [-0.4, -0.2) is 30.3 Å². The van der Waals surface area contributed by atoms with Gasteiger partial charge in [-0.15, -0.1) is 0 Å². The topological polar surface area (TPSA) is 68.1 Å². The van der Waals surface area contributed by atoms with Crippen LogP contribution in [0, 0.1) is 5.41 Å². The zero-order chi connectivity index (χ0) is 14.3. The van der Waals surface area contributed by atoms with E-state index in [9.17, 15) is 4.79 Å². The first-order chi connectivity index (χ1) is 8.19. The van der Waals surface area contributed by atoms with Gasteiger partial charge in [0.15, 0.2) is 0 Å². The Kier molecular flexibility index (Phi) is 6.16. The summed E-state index contributed by atoms with van der Waals surface area (Å²) in [6.07, 6.45) is 0. The third-order valence-corrected chi connectivity index (χ3v) is 2.00. The molecule has 0 amide bonds. The fourth-order valence-corrected chi connectivity index (χ4v) is 0.927. The molecule has 18 heavy (non-hydrogen) atoms. The number of rotatable bonds is 6. The monoisotopic (exact) mass is 255 g/mol. The highest BCUT2D eigenvalue weighted by atomic mass is 16.5. The van der Waals surface area contributed by atoms with Crippen molar-refractivity contribution in [2.75, 3.05) is 13.2 Å². The Morgan fingerprint density at radius 3 is 2.06 bits per heavy atom. The summed E-state index contributed by atoms with van der Waals surface area (Å²) in [6, 6.07) is 0. The number of ether oxygens (including phenoxy) is 2. The minimum atomic E-state index is -0.431. The number of nitrogens with zero attached hydrogens (tertiary/aromatic N) is 1. The van der Waals surface area contributed by atoms with Crippen LogP contribution in [0.2, 0.25) is 0 Å². The van der Waals surface area contributed by atoms with Gasteiger partial charge >= 0.3 is 5.97 Å². The summed E-state index contributed by atoms with van der Waals surface area (Å²) in [5.74, 6) is -0.353. The summed E-state index contributed by atoms with van der Waals surface area (Å²) in [5.41, 5.74) is 0.467. The largest absolute Gasteiger partial charge is 0.475 e. The van der Waals surface area contributed by atoms with Gasteiger partial charge in [0, 0.05) is 16.6 Å². The molecule has 0 aliphatic carbocycles. The molecule has 0 atom stereocenters. The van der Waals surface area contributed by atoms with E-state index in [-0.39, 0.29) is 19.1 Å². The Labute approximate surface area is 108 Å². The van der Waals surface area contributed by atoms with Crippen molar-refractivity contribution in [1.82, 2.24) is 0 Å². The molecule has 0 aromatic carbocycles. The van der Waals surface area contributed by atoms with Crippen LogP contribution in [-0.2, 0) is 14.3 Å². The zero-order valence-electron chi connectivity index (χ0n) is 11.4. The predicted molar refractivity (Wildman–Crippen MR) is 69.5 cm³/mol. The summed E-state index contributed by atoms with van der Waals surface area (Å²) in [5, 5.41) is 11.7. The summed E-state index contributed by atoms with van der Waals surface area (Å²) < 4.78 is 10.3. The van der Waals surface area contributed by atoms with E-state index in [4.69, 9.17) is 14.7 Å². The normalized spacial score (nSPS) is 11.9. The second-order valence-electron chi connectivity index (χ2n) is 4.99. The highest BCUT2D eigenvalue weighted by molar-refractivity contribution is 5.91. The summed E-state index contributed by atoms with van der Waals surface area (Å²) in [4.78, 5) is 11.3. The first-order valence-corrected chi connectivity index (χ1v) is 5.53. The van der Waals surface area contributed by atoms with Crippen molar-refractivity contribution < 1.29 is 19.5 Å². The number of carbonyl (C=O) groups excluding carboxylic acids is 1. The first-order valence-electron chi connectivity index (χ1n) is 5.53. The van der Waals surface area contributed by atoms with Crippen LogP contribution in [0.4, 0.5) is 0 Å². The molecule has 0 saturated heterocycles. The third kappa shape index (κ3) is 6.08. The second-order valence-corrected chi connectivity index (χ2v) is 4.99. The molecule has 0 aliphatic rings. The van der Waals surface area contributed by atoms with Crippen LogP contribution in [0.25, 0.3) is 0 Å². The molecule has 0 spiro atoms. The van der Waals surface area contributed by atoms with Crippen molar-refractivity contribution in [3.63, 3.8) is 0 Å². The second kappa shape index (κ2) is 6.83. The van der Waals surface area contributed by atoms with E-state index in [1.54, 1.807) is 13.8 Å². The van der Waals surface area contributed by atoms with Crippen molar-refractivity contribution in [2.45, 2.75) is 27.7 Å². The number of hydrogen-bond donors (Lipinski definition) is 1. The van der Waals surface area contributed by atoms with Crippen LogP contribution < -0.4 is 0 Å². The standard InChI is InChI=1S/C13H21NO4/c1-9(2)11(14-16)17-7-13(5,6)8-18-12(15)10(3)4/h16H,1,3,7-8H2,2,4-6H3. The Morgan fingerprint density at radius 2 is 1.67 bits per heavy atom. The molecule has 0 aromatic heterocycles. The number of esters is 1. The van der Waals surface area contributed by atoms with Crippen molar-refractivity contribution >= 4 is 11.9 Å². The maximum atomic E-state index is 11.3. The fraction of sp³-hybridized carbons (Fsp3) is 0.538. The van der Waals surface area contributed by atoms with Crippen LogP contribution in [0.3, 0.4) is 0 Å². The predicted octanol–water partition coefficient (Wildman–Crippen LogP) is 2.51. The lowest BCUT2D eigenvalue weighted by atomic mass is 9.96. The van der Waals surface area contributed by atoms with E-state index in [0.29, 0.717) is 11.1 Å². The van der Waals surface area contributed by atoms with E-state index in [1.165, 1.54) is 0 Å². The Morgan fingerprint density at radius 1 is 1.17 bits per heavy atom. The average molecular weight is 255 g/mol. The van der Waals surface area contributed by atoms with Gasteiger partial charge in [0.25, 0.3) is 5.90 Å². The molecular weight excluding hydrogens is 234 g/mol. The van der Waals surface area contributed by atoms with E-state index in [1.807, 2.05) is 13.8 Å². The average Bonchev–Trinajstić information content (AvgIpc) is 2.26. The van der Waals surface area contributed by atoms with Gasteiger partial charge in [-0.3, -0.25) is 0 Å². The third-order valence-electron chi connectivity index (χ3n) is 2.00. The minimum Gasteiger partial charge on any atom is -0.475 e. The SMILES string of the molecule is C=C(C)C(=O)OCC(C)(C)COC(=NO)C(=C)C. The molecule has 0 aliphatic heterocycles. The van der Waals surface area contributed by atoms with E-state index in [2.05, 4.69) is 18.3 Å². The van der Waals surface area contributed by atoms with Gasteiger partial charge < -0.3 is 14.7 Å². The lowest BCUT2D eigenvalue weighted by Crippen LogP contribution is -2.29. The summed E-state index contributed by atoms with van der Waals surface area (Å²) >= 11 is 0. The molecule has 5 heteroatoms. The van der Waals surface area contributed by atoms with Gasteiger partial charge in [0.05, 0.1) is 13.2 Å². The van der Waals surface area contributed by atoms with Gasteiger partial charge in [-0.2, -0.15) is 0 Å². The van der Waals surface area contributed by atoms with Crippen LogP contribution >= 0.6 is 0 Å². The van der Waals surface area contributed by atoms with Crippen molar-refractivity contribution in [2.24, 2.45) is 10.6 Å². The van der Waals surface area contributed by atoms with Crippen LogP contribution in [0.1, 0.15) is 27.7 Å². The maximum absolute atomic E-state index is 11.3. The van der Waals surface area contributed by atoms with E-state index < -0.39 is 11.4 Å². The Balaban J connectivity index is 4.27. The van der Waals surface area contributed by atoms with Gasteiger partial charge in [-0.25, -0.2) is 4.79 Å². The maximum Gasteiger partial charge on any atom is 0.333 e. The molecule has 0 fully saturated rings. The highest BCUT2D eigenvalue weighted by Gasteiger charge is 2.22. The highest BCUT2D eigenvalue weighted by Crippen LogP contribution is 2.17. The quantitative estimate of drug-likeness (QED) is 0.198. The zero-order valence-corrected chi connectivity index (χ0v) is 11.4. The van der Waals surface area contributed by atoms with Crippen LogP contribution in [0.15, 0.2) is 29.5 Å². The lowest BCUT2D eigenvalue weighted by Gasteiger charge is -2.24. The molecule has 0 radical (unpaired) electrons. The van der Waals surface area contributed by atoms with Crippen molar-refractivity contribution in [3.05, 3.63) is 24.3 Å². The van der Waals surface area contributed by atoms with Gasteiger partial charge in [-0.05, 0) is 19.0 Å². The first kappa shape index (κ1) is 16.2. The minimum absolute atomic E-state index is 0.0781. The van der Waals surface area contributed by atoms with E-state index in [0.717, 1.165) is 0 Å². The Hall–Kier alpha value is -1.78. The smallest absolute Gasteiger partial charge is 0.333 e. The number of hydrogen-bond acceptors (Lipinski definition) is 5. The van der Waals surface area contributed by atoms with Crippen molar-refractivity contribution in [1.29, 1.82) is 0 Å². The number of oxime groups is 1. The molecule has 102 valence electrons. The van der Waals surface area contributed by atoms with E-state index >= 15 is 0 Å². The van der Waals surface area contributed by atoms with Crippen LogP contribution in [0.5, 0.6) is 0 Å². The summed E-state index contributed by atoms with van der Waals surface area (Å²) in [6.45, 7) is 14.5. The fourth-order valence-electron chi connectivity index (χ4n) is 0.927. The molecule has 0 rings (SSSR count). The summed E-state index contributed by atoms with van der Waals surface area (Å²) in [7, 11) is 0. The Bertz CT molecular complexity index is 369. The molecule has 0 bridgehead atoms. The molecule has 0 saturated carbocycles. The molecule has 5 nitrogen and oxygen atoms in total. The van der Waals surface area contributed by atoms with Gasteiger partial charge in [0.2, 0.25) is 0 Å². The molecule has 0 heterocycles. The lowest BCUT2D eigenvalue weighted by molar-refractivity contribution is -0.142. The molecular formula is C13H21NO4. The molecule has 1 N–H and O–H groups in total. The molecule has 0 aromatic rings. The van der Waals surface area contributed by atoms with Gasteiger partial charge in [-0.1, -0.05) is 27.0 Å². The number of carbonyl (C=O) groups is 1. The molecule has 0 unspecified atom stereocenters. The van der Waals surface area contributed by atoms with Crippen molar-refractivity contribution in [3.8, 4) is 0 Å². The van der Waals surface area contributed by atoms with Gasteiger partial charge in [0.1, 0.15) is 0 Å².